The summed E-state index contributed by atoms with van der Waals surface area (Å²) in [5.41, 5.74) is 6.34. The number of hydrogen-bond donors (Lipinski definition) is 2. The summed E-state index contributed by atoms with van der Waals surface area (Å²) in [6, 6.07) is 9.50. The van der Waals surface area contributed by atoms with Crippen molar-refractivity contribution in [2.45, 2.75) is 16.7 Å². The van der Waals surface area contributed by atoms with Crippen molar-refractivity contribution in [3.05, 3.63) is 59.2 Å². The van der Waals surface area contributed by atoms with Crippen molar-refractivity contribution >= 4 is 17.6 Å². The molecule has 0 heterocycles. The van der Waals surface area contributed by atoms with Crippen molar-refractivity contribution in [3.63, 3.8) is 0 Å². The van der Waals surface area contributed by atoms with Crippen molar-refractivity contribution in [1.29, 1.82) is 5.41 Å². The van der Waals surface area contributed by atoms with Crippen molar-refractivity contribution in [2.75, 3.05) is 0 Å². The van der Waals surface area contributed by atoms with Crippen LogP contribution < -0.4 is 5.73 Å². The smallest absolute Gasteiger partial charge is 0.140 e. The lowest BCUT2D eigenvalue weighted by molar-refractivity contribution is 0.540. The predicted octanol–water partition coefficient (Wildman–Crippen LogP) is 3.71. The van der Waals surface area contributed by atoms with Gasteiger partial charge in [-0.3, -0.25) is 5.41 Å². The normalized spacial score (nSPS) is 10.5. The molecule has 19 heavy (non-hydrogen) atoms. The summed E-state index contributed by atoms with van der Waals surface area (Å²) in [6.45, 7) is 1.94. The van der Waals surface area contributed by atoms with Crippen molar-refractivity contribution in [1.82, 2.24) is 0 Å². The lowest BCUT2D eigenvalue weighted by Crippen LogP contribution is -2.12. The molecule has 98 valence electrons. The zero-order chi connectivity index (χ0) is 14.0. The molecule has 0 unspecified atom stereocenters. The van der Waals surface area contributed by atoms with Crippen molar-refractivity contribution < 1.29 is 8.78 Å². The Balaban J connectivity index is 2.35. The van der Waals surface area contributed by atoms with Gasteiger partial charge in [-0.15, -0.1) is 0 Å². The number of amidine groups is 1. The van der Waals surface area contributed by atoms with Crippen LogP contribution in [0.25, 0.3) is 0 Å². The zero-order valence-electron chi connectivity index (χ0n) is 10.2. The van der Waals surface area contributed by atoms with Gasteiger partial charge in [-0.2, -0.15) is 0 Å². The minimum absolute atomic E-state index is 0.0447. The second-order valence-electron chi connectivity index (χ2n) is 4.10. The fraction of sp³-hybridized carbons (Fsp3) is 0.0714. The number of aryl methyl sites for hydroxylation is 1. The number of nitrogen functional groups attached to an aromatic ring is 1. The molecule has 0 saturated carbocycles. The third-order valence-electron chi connectivity index (χ3n) is 2.55. The van der Waals surface area contributed by atoms with Crippen molar-refractivity contribution in [3.8, 4) is 0 Å². The molecular formula is C14H12F2N2S. The molecule has 0 aliphatic rings. The molecule has 0 radical (unpaired) electrons. The quantitative estimate of drug-likeness (QED) is 0.664. The van der Waals surface area contributed by atoms with Gasteiger partial charge < -0.3 is 5.73 Å². The van der Waals surface area contributed by atoms with E-state index in [1.165, 1.54) is 0 Å². The van der Waals surface area contributed by atoms with E-state index in [0.717, 1.165) is 34.4 Å². The van der Waals surface area contributed by atoms with Crippen LogP contribution >= 0.6 is 11.8 Å². The van der Waals surface area contributed by atoms with Gasteiger partial charge in [0.05, 0.1) is 4.90 Å². The van der Waals surface area contributed by atoms with Crippen molar-refractivity contribution in [2.24, 2.45) is 5.73 Å². The first-order chi connectivity index (χ1) is 8.97. The average molecular weight is 278 g/mol. The highest BCUT2D eigenvalue weighted by molar-refractivity contribution is 7.99. The van der Waals surface area contributed by atoms with Gasteiger partial charge in [-0.25, -0.2) is 8.78 Å². The number of nitrogens with two attached hydrogens (primary N) is 1. The summed E-state index contributed by atoms with van der Waals surface area (Å²) in [6.07, 6.45) is 0. The van der Waals surface area contributed by atoms with Crippen LogP contribution in [0, 0.1) is 24.0 Å². The van der Waals surface area contributed by atoms with E-state index in [0.29, 0.717) is 0 Å². The third-order valence-corrected chi connectivity index (χ3v) is 3.65. The Hall–Kier alpha value is -1.88. The van der Waals surface area contributed by atoms with Crippen LogP contribution in [0.2, 0.25) is 0 Å². The average Bonchev–Trinajstić information content (AvgIpc) is 2.35. The lowest BCUT2D eigenvalue weighted by atomic mass is 10.2. The van der Waals surface area contributed by atoms with E-state index in [1.807, 2.05) is 19.1 Å². The van der Waals surface area contributed by atoms with Gasteiger partial charge in [0.1, 0.15) is 17.5 Å². The van der Waals surface area contributed by atoms with Gasteiger partial charge in [0, 0.05) is 10.5 Å². The molecular weight excluding hydrogens is 266 g/mol. The second kappa shape index (κ2) is 5.40. The molecule has 0 aromatic heterocycles. The maximum Gasteiger partial charge on any atom is 0.140 e. The van der Waals surface area contributed by atoms with Crippen LogP contribution in [0.4, 0.5) is 8.78 Å². The van der Waals surface area contributed by atoms with Crippen LogP contribution in [0.1, 0.15) is 11.1 Å². The third kappa shape index (κ3) is 3.12. The first-order valence-corrected chi connectivity index (χ1v) is 6.37. The van der Waals surface area contributed by atoms with Gasteiger partial charge in [0.15, 0.2) is 0 Å². The Bertz CT molecular complexity index is 601. The van der Waals surface area contributed by atoms with Gasteiger partial charge in [-0.1, -0.05) is 29.5 Å². The molecule has 0 amide bonds. The fourth-order valence-electron chi connectivity index (χ4n) is 1.54. The van der Waals surface area contributed by atoms with E-state index in [-0.39, 0.29) is 16.3 Å². The minimum Gasteiger partial charge on any atom is -0.384 e. The molecule has 3 N–H and O–H groups in total. The summed E-state index contributed by atoms with van der Waals surface area (Å²) in [5.74, 6) is -1.78. The minimum atomic E-state index is -0.712. The van der Waals surface area contributed by atoms with E-state index in [9.17, 15) is 8.78 Å². The van der Waals surface area contributed by atoms with Crippen LogP contribution in [0.5, 0.6) is 0 Å². The van der Waals surface area contributed by atoms with Crippen LogP contribution in [-0.2, 0) is 0 Å². The SMILES string of the molecule is Cc1ccc(Sc2c(F)cc(C(=N)N)cc2F)cc1. The lowest BCUT2D eigenvalue weighted by Gasteiger charge is -2.07. The number of rotatable bonds is 3. The molecule has 0 fully saturated rings. The molecule has 0 bridgehead atoms. The Morgan fingerprint density at radius 3 is 2.11 bits per heavy atom. The molecule has 2 rings (SSSR count). The van der Waals surface area contributed by atoms with Gasteiger partial charge in [0.25, 0.3) is 0 Å². The van der Waals surface area contributed by atoms with Gasteiger partial charge in [-0.05, 0) is 31.2 Å². The molecule has 5 heteroatoms. The Morgan fingerprint density at radius 1 is 1.11 bits per heavy atom. The highest BCUT2D eigenvalue weighted by Crippen LogP contribution is 2.32. The molecule has 2 aromatic carbocycles. The van der Waals surface area contributed by atoms with Crippen LogP contribution in [-0.4, -0.2) is 5.84 Å². The van der Waals surface area contributed by atoms with Crippen LogP contribution in [0.15, 0.2) is 46.2 Å². The summed E-state index contributed by atoms with van der Waals surface area (Å²) >= 11 is 1.01. The first-order valence-electron chi connectivity index (χ1n) is 5.55. The Morgan fingerprint density at radius 2 is 1.63 bits per heavy atom. The molecule has 2 aromatic rings. The van der Waals surface area contributed by atoms with Crippen LogP contribution in [0.3, 0.4) is 0 Å². The number of nitrogens with one attached hydrogen (secondary N) is 1. The predicted molar refractivity (Wildman–Crippen MR) is 72.7 cm³/mol. The Kier molecular flexibility index (Phi) is 3.85. The second-order valence-corrected chi connectivity index (χ2v) is 5.18. The molecule has 0 aliphatic carbocycles. The molecule has 0 spiro atoms. The standard InChI is InChI=1S/C14H12F2N2S/c1-8-2-4-10(5-3-8)19-13-11(15)6-9(14(17)18)7-12(13)16/h2-7H,1H3,(H3,17,18). The highest BCUT2D eigenvalue weighted by Gasteiger charge is 2.13. The summed E-state index contributed by atoms with van der Waals surface area (Å²) in [4.78, 5) is 0.660. The summed E-state index contributed by atoms with van der Waals surface area (Å²) in [5, 5.41) is 7.18. The summed E-state index contributed by atoms with van der Waals surface area (Å²) < 4.78 is 27.6. The molecule has 0 saturated heterocycles. The number of hydrogen-bond acceptors (Lipinski definition) is 2. The Labute approximate surface area is 114 Å². The zero-order valence-corrected chi connectivity index (χ0v) is 11.0. The fourth-order valence-corrected chi connectivity index (χ4v) is 2.36. The van der Waals surface area contributed by atoms with Gasteiger partial charge >= 0.3 is 0 Å². The first kappa shape index (κ1) is 13.5. The molecule has 0 aliphatic heterocycles. The highest BCUT2D eigenvalue weighted by atomic mass is 32.2. The molecule has 2 nitrogen and oxygen atoms in total. The van der Waals surface area contributed by atoms with Gasteiger partial charge in [0.2, 0.25) is 0 Å². The number of benzene rings is 2. The largest absolute Gasteiger partial charge is 0.384 e. The van der Waals surface area contributed by atoms with E-state index in [1.54, 1.807) is 12.1 Å². The maximum atomic E-state index is 13.8. The van der Waals surface area contributed by atoms with E-state index in [2.05, 4.69) is 0 Å². The van der Waals surface area contributed by atoms with E-state index in [4.69, 9.17) is 11.1 Å². The number of halogens is 2. The van der Waals surface area contributed by atoms with E-state index >= 15 is 0 Å². The molecule has 0 atom stereocenters. The summed E-state index contributed by atoms with van der Waals surface area (Å²) in [7, 11) is 0. The topological polar surface area (TPSA) is 49.9 Å². The monoisotopic (exact) mass is 278 g/mol. The van der Waals surface area contributed by atoms with E-state index < -0.39 is 11.6 Å². The maximum absolute atomic E-state index is 13.8.